The van der Waals surface area contributed by atoms with Crippen LogP contribution in [0.5, 0.6) is 0 Å². The van der Waals surface area contributed by atoms with E-state index in [1.54, 1.807) is 11.3 Å². The number of thiazole rings is 1. The van der Waals surface area contributed by atoms with Crippen molar-refractivity contribution in [3.63, 3.8) is 0 Å². The lowest BCUT2D eigenvalue weighted by atomic mass is 10.2. The summed E-state index contributed by atoms with van der Waals surface area (Å²) in [6.07, 6.45) is 1.88. The minimum absolute atomic E-state index is 0.114. The largest absolute Gasteiger partial charge is 0.292 e. The molecule has 86 valence electrons. The van der Waals surface area contributed by atoms with Gasteiger partial charge in [0.05, 0.1) is 10.4 Å². The molecule has 0 bridgehead atoms. The Kier molecular flexibility index (Phi) is 3.92. The van der Waals surface area contributed by atoms with Gasteiger partial charge in [-0.15, -0.1) is 11.3 Å². The summed E-state index contributed by atoms with van der Waals surface area (Å²) in [5, 5.41) is 0. The number of nitrogens with zero attached hydrogens (tertiary/aromatic N) is 2. The lowest BCUT2D eigenvalue weighted by Crippen LogP contribution is -2.17. The molecule has 1 heterocycles. The normalized spacial score (nSPS) is 11.9. The number of hydrogen-bond acceptors (Lipinski definition) is 3. The number of benzene rings is 1. The Bertz CT molecular complexity index is 506. The van der Waals surface area contributed by atoms with Crippen molar-refractivity contribution >= 4 is 11.3 Å². The highest BCUT2D eigenvalue weighted by Gasteiger charge is 2.11. The van der Waals surface area contributed by atoms with Crippen LogP contribution in [0, 0.1) is 11.8 Å². The van der Waals surface area contributed by atoms with E-state index in [0.717, 1.165) is 5.56 Å². The number of aromatic nitrogens is 1. The average Bonchev–Trinajstić information content (AvgIpc) is 2.84. The molecule has 0 fully saturated rings. The van der Waals surface area contributed by atoms with Gasteiger partial charge in [0.25, 0.3) is 0 Å². The molecule has 1 aromatic carbocycles. The molecule has 1 unspecified atom stereocenters. The van der Waals surface area contributed by atoms with Gasteiger partial charge in [-0.2, -0.15) is 0 Å². The van der Waals surface area contributed by atoms with Crippen LogP contribution in [-0.2, 0) is 0 Å². The Morgan fingerprint density at radius 2 is 2.00 bits per heavy atom. The second kappa shape index (κ2) is 5.62. The van der Waals surface area contributed by atoms with Gasteiger partial charge < -0.3 is 0 Å². The highest BCUT2D eigenvalue weighted by atomic mass is 32.1. The molecule has 2 rings (SSSR count). The van der Waals surface area contributed by atoms with Gasteiger partial charge in [-0.25, -0.2) is 0 Å². The first-order valence-corrected chi connectivity index (χ1v) is 6.27. The molecule has 0 aliphatic rings. The third-order valence-corrected chi connectivity index (χ3v) is 3.19. The molecular formula is C14H14N2S. The van der Waals surface area contributed by atoms with Crippen molar-refractivity contribution in [2.45, 2.75) is 6.04 Å². The van der Waals surface area contributed by atoms with Gasteiger partial charge in [-0.05, 0) is 26.2 Å². The second-order valence-electron chi connectivity index (χ2n) is 3.91. The summed E-state index contributed by atoms with van der Waals surface area (Å²) in [6.45, 7) is 0. The minimum Gasteiger partial charge on any atom is -0.292 e. The van der Waals surface area contributed by atoms with Gasteiger partial charge in [0.1, 0.15) is 6.04 Å². The van der Waals surface area contributed by atoms with Gasteiger partial charge in [-0.3, -0.25) is 9.88 Å². The molecule has 0 saturated heterocycles. The van der Waals surface area contributed by atoms with E-state index >= 15 is 0 Å². The van der Waals surface area contributed by atoms with E-state index < -0.39 is 0 Å². The molecular weight excluding hydrogens is 228 g/mol. The van der Waals surface area contributed by atoms with Crippen LogP contribution in [0.2, 0.25) is 0 Å². The number of hydrogen-bond donors (Lipinski definition) is 0. The van der Waals surface area contributed by atoms with Gasteiger partial charge in [0.15, 0.2) is 0 Å². The fraction of sp³-hybridized carbons (Fsp3) is 0.214. The lowest BCUT2D eigenvalue weighted by molar-refractivity contribution is 0.365. The Balaban J connectivity index is 2.23. The van der Waals surface area contributed by atoms with Crippen molar-refractivity contribution in [3.05, 3.63) is 52.5 Å². The summed E-state index contributed by atoms with van der Waals surface area (Å²) < 4.78 is 0. The smallest absolute Gasteiger partial charge is 0.108 e. The van der Waals surface area contributed by atoms with Crippen molar-refractivity contribution < 1.29 is 0 Å². The Morgan fingerprint density at radius 1 is 1.24 bits per heavy atom. The van der Waals surface area contributed by atoms with Crippen LogP contribution in [0.15, 0.2) is 42.0 Å². The molecule has 1 atom stereocenters. The summed E-state index contributed by atoms with van der Waals surface area (Å²) in [6, 6.07) is 10.2. The summed E-state index contributed by atoms with van der Waals surface area (Å²) in [4.78, 5) is 7.38. The standard InChI is InChI=1S/C14H14N2S/c1-16(2)13(14-10-15-11-17-14)9-8-12-6-4-3-5-7-12/h3-7,10-11,13H,1-2H3. The van der Waals surface area contributed by atoms with E-state index in [0.29, 0.717) is 0 Å². The van der Waals surface area contributed by atoms with E-state index in [4.69, 9.17) is 0 Å². The van der Waals surface area contributed by atoms with Crippen LogP contribution in [-0.4, -0.2) is 24.0 Å². The van der Waals surface area contributed by atoms with Crippen molar-refractivity contribution in [2.75, 3.05) is 14.1 Å². The van der Waals surface area contributed by atoms with Crippen LogP contribution < -0.4 is 0 Å². The fourth-order valence-corrected chi connectivity index (χ4v) is 2.25. The maximum absolute atomic E-state index is 4.10. The van der Waals surface area contributed by atoms with Gasteiger partial charge in [0, 0.05) is 11.8 Å². The van der Waals surface area contributed by atoms with Crippen LogP contribution >= 0.6 is 11.3 Å². The third-order valence-electron chi connectivity index (χ3n) is 2.36. The van der Waals surface area contributed by atoms with E-state index in [-0.39, 0.29) is 6.04 Å². The van der Waals surface area contributed by atoms with E-state index in [9.17, 15) is 0 Å². The maximum atomic E-state index is 4.10. The Hall–Kier alpha value is -1.63. The van der Waals surface area contributed by atoms with Crippen molar-refractivity contribution in [1.29, 1.82) is 0 Å². The van der Waals surface area contributed by atoms with Crippen LogP contribution in [0.25, 0.3) is 0 Å². The average molecular weight is 242 g/mol. The Labute approximate surface area is 106 Å². The number of rotatable bonds is 2. The first-order chi connectivity index (χ1) is 8.27. The zero-order valence-corrected chi connectivity index (χ0v) is 10.7. The lowest BCUT2D eigenvalue weighted by Gasteiger charge is -2.16. The molecule has 0 aliphatic heterocycles. The quantitative estimate of drug-likeness (QED) is 0.753. The predicted molar refractivity (Wildman–Crippen MR) is 71.9 cm³/mol. The summed E-state index contributed by atoms with van der Waals surface area (Å²) in [5.74, 6) is 6.49. The molecule has 0 saturated carbocycles. The zero-order chi connectivity index (χ0) is 12.1. The molecule has 2 aromatic rings. The van der Waals surface area contributed by atoms with Crippen molar-refractivity contribution in [1.82, 2.24) is 9.88 Å². The second-order valence-corrected chi connectivity index (χ2v) is 4.82. The molecule has 0 spiro atoms. The Morgan fingerprint density at radius 3 is 2.59 bits per heavy atom. The van der Waals surface area contributed by atoms with Gasteiger partial charge >= 0.3 is 0 Å². The fourth-order valence-electron chi connectivity index (χ4n) is 1.49. The first-order valence-electron chi connectivity index (χ1n) is 5.39. The summed E-state index contributed by atoms with van der Waals surface area (Å²) in [5.41, 5.74) is 2.89. The predicted octanol–water partition coefficient (Wildman–Crippen LogP) is 2.80. The SMILES string of the molecule is CN(C)C(C#Cc1ccccc1)c1cncs1. The van der Waals surface area contributed by atoms with Crippen LogP contribution in [0.4, 0.5) is 0 Å². The molecule has 1 aromatic heterocycles. The van der Waals surface area contributed by atoms with E-state index in [1.165, 1.54) is 4.88 Å². The van der Waals surface area contributed by atoms with Gasteiger partial charge in [-0.1, -0.05) is 30.0 Å². The maximum Gasteiger partial charge on any atom is 0.108 e. The molecule has 0 amide bonds. The highest BCUT2D eigenvalue weighted by molar-refractivity contribution is 7.09. The molecule has 0 aliphatic carbocycles. The summed E-state index contributed by atoms with van der Waals surface area (Å²) in [7, 11) is 4.06. The first kappa shape index (κ1) is 11.8. The highest BCUT2D eigenvalue weighted by Crippen LogP contribution is 2.20. The molecule has 17 heavy (non-hydrogen) atoms. The van der Waals surface area contributed by atoms with Crippen LogP contribution in [0.3, 0.4) is 0 Å². The summed E-state index contributed by atoms with van der Waals surface area (Å²) >= 11 is 1.64. The monoisotopic (exact) mass is 242 g/mol. The molecule has 3 heteroatoms. The molecule has 0 radical (unpaired) electrons. The van der Waals surface area contributed by atoms with Crippen LogP contribution in [0.1, 0.15) is 16.5 Å². The molecule has 0 N–H and O–H groups in total. The zero-order valence-electron chi connectivity index (χ0n) is 9.92. The topological polar surface area (TPSA) is 16.1 Å². The molecule has 2 nitrogen and oxygen atoms in total. The van der Waals surface area contributed by atoms with Gasteiger partial charge in [0.2, 0.25) is 0 Å². The minimum atomic E-state index is 0.114. The third kappa shape index (κ3) is 3.16. The van der Waals surface area contributed by atoms with E-state index in [1.807, 2.05) is 56.1 Å². The van der Waals surface area contributed by atoms with Crippen molar-refractivity contribution in [3.8, 4) is 11.8 Å². The van der Waals surface area contributed by atoms with Crippen molar-refractivity contribution in [2.24, 2.45) is 0 Å². The van der Waals surface area contributed by atoms with E-state index in [2.05, 4.69) is 21.7 Å².